The molecule has 5 aromatic rings. The standard InChI is InChI=1S/C28H26N4O2/c29-23(16-21-17-30-24-14-8-7-13-22(21)24)28-32-26(18-34-28)27(33)31-25(20-11-5-2-6-12-20)15-19-9-3-1-4-10-19/h1-14,17-18,23,25,30H,15-16,29H2,(H,31,33). The number of hydrogen-bond acceptors (Lipinski definition) is 4. The summed E-state index contributed by atoms with van der Waals surface area (Å²) in [6.07, 6.45) is 4.55. The summed E-state index contributed by atoms with van der Waals surface area (Å²) in [7, 11) is 0. The van der Waals surface area contributed by atoms with Gasteiger partial charge in [-0.15, -0.1) is 0 Å². The second-order valence-corrected chi connectivity index (χ2v) is 8.37. The van der Waals surface area contributed by atoms with Crippen molar-refractivity contribution in [2.45, 2.75) is 24.9 Å². The minimum Gasteiger partial charge on any atom is -0.446 e. The van der Waals surface area contributed by atoms with Gasteiger partial charge in [-0.2, -0.15) is 0 Å². The summed E-state index contributed by atoms with van der Waals surface area (Å²) in [5.74, 6) is 0.0498. The minimum absolute atomic E-state index is 0.198. The fourth-order valence-electron chi connectivity index (χ4n) is 4.21. The molecule has 0 aliphatic heterocycles. The molecule has 6 heteroatoms. The molecule has 0 fully saturated rings. The average molecular weight is 451 g/mol. The molecular formula is C28H26N4O2. The van der Waals surface area contributed by atoms with Crippen molar-refractivity contribution in [3.05, 3.63) is 126 Å². The van der Waals surface area contributed by atoms with Gasteiger partial charge in [0, 0.05) is 17.1 Å². The normalized spacial score (nSPS) is 13.0. The van der Waals surface area contributed by atoms with E-state index in [4.69, 9.17) is 10.2 Å². The molecule has 2 heterocycles. The number of nitrogens with two attached hydrogens (primary N) is 1. The van der Waals surface area contributed by atoms with Crippen LogP contribution in [0.3, 0.4) is 0 Å². The maximum absolute atomic E-state index is 13.1. The molecule has 2 aromatic heterocycles. The first-order valence-electron chi connectivity index (χ1n) is 11.3. The molecule has 0 aliphatic carbocycles. The third kappa shape index (κ3) is 4.77. The van der Waals surface area contributed by atoms with E-state index in [1.54, 1.807) is 0 Å². The SMILES string of the molecule is NC(Cc1c[nH]c2ccccc12)c1nc(C(=O)NC(Cc2ccccc2)c2ccccc2)co1. The number of carbonyl (C=O) groups is 1. The van der Waals surface area contributed by atoms with E-state index >= 15 is 0 Å². The van der Waals surface area contributed by atoms with Crippen LogP contribution in [0, 0.1) is 0 Å². The Balaban J connectivity index is 1.30. The Kier molecular flexibility index (Phi) is 6.23. The number of nitrogens with zero attached hydrogens (tertiary/aromatic N) is 1. The maximum atomic E-state index is 13.1. The Morgan fingerprint density at radius 3 is 2.44 bits per heavy atom. The summed E-state index contributed by atoms with van der Waals surface area (Å²) >= 11 is 0. The van der Waals surface area contributed by atoms with Gasteiger partial charge in [-0.3, -0.25) is 4.79 Å². The largest absolute Gasteiger partial charge is 0.446 e. The van der Waals surface area contributed by atoms with E-state index in [9.17, 15) is 4.79 Å². The van der Waals surface area contributed by atoms with Gasteiger partial charge in [0.05, 0.1) is 12.1 Å². The van der Waals surface area contributed by atoms with E-state index in [0.717, 1.165) is 27.6 Å². The van der Waals surface area contributed by atoms with Crippen molar-refractivity contribution in [3.63, 3.8) is 0 Å². The highest BCUT2D eigenvalue weighted by Gasteiger charge is 2.21. The molecule has 0 saturated heterocycles. The first kappa shape index (κ1) is 21.7. The Bertz CT molecular complexity index is 1380. The molecule has 6 nitrogen and oxygen atoms in total. The van der Waals surface area contributed by atoms with Gasteiger partial charge in [0.25, 0.3) is 5.91 Å². The molecule has 34 heavy (non-hydrogen) atoms. The molecule has 0 aliphatic rings. The number of para-hydroxylation sites is 1. The second kappa shape index (κ2) is 9.77. The fraction of sp³-hybridized carbons (Fsp3) is 0.143. The number of amides is 1. The van der Waals surface area contributed by atoms with Crippen molar-refractivity contribution in [2.24, 2.45) is 5.73 Å². The summed E-state index contributed by atoms with van der Waals surface area (Å²) in [5, 5.41) is 4.23. The number of nitrogens with one attached hydrogen (secondary N) is 2. The molecule has 5 rings (SSSR count). The number of carbonyl (C=O) groups excluding carboxylic acids is 1. The van der Waals surface area contributed by atoms with Gasteiger partial charge in [-0.1, -0.05) is 78.9 Å². The number of aromatic amines is 1. The number of H-pyrrole nitrogens is 1. The number of oxazole rings is 1. The van der Waals surface area contributed by atoms with Crippen molar-refractivity contribution in [2.75, 3.05) is 0 Å². The number of aromatic nitrogens is 2. The quantitative estimate of drug-likeness (QED) is 0.306. The lowest BCUT2D eigenvalue weighted by atomic mass is 9.99. The molecule has 4 N–H and O–H groups in total. The lowest BCUT2D eigenvalue weighted by molar-refractivity contribution is 0.0931. The highest BCUT2D eigenvalue weighted by molar-refractivity contribution is 5.92. The predicted molar refractivity (Wildman–Crippen MR) is 132 cm³/mol. The van der Waals surface area contributed by atoms with Gasteiger partial charge < -0.3 is 20.5 Å². The van der Waals surface area contributed by atoms with Gasteiger partial charge in [-0.05, 0) is 35.6 Å². The van der Waals surface area contributed by atoms with Crippen LogP contribution in [0.5, 0.6) is 0 Å². The molecule has 170 valence electrons. The monoisotopic (exact) mass is 450 g/mol. The van der Waals surface area contributed by atoms with Gasteiger partial charge in [0.15, 0.2) is 5.69 Å². The van der Waals surface area contributed by atoms with Gasteiger partial charge in [0.1, 0.15) is 6.26 Å². The van der Waals surface area contributed by atoms with Crippen LogP contribution in [-0.4, -0.2) is 15.9 Å². The zero-order valence-electron chi connectivity index (χ0n) is 18.6. The van der Waals surface area contributed by atoms with E-state index in [1.807, 2.05) is 72.9 Å². The van der Waals surface area contributed by atoms with Gasteiger partial charge in [-0.25, -0.2) is 4.98 Å². The van der Waals surface area contributed by atoms with E-state index in [0.29, 0.717) is 18.7 Å². The number of fused-ring (bicyclic) bond motifs is 1. The van der Waals surface area contributed by atoms with Crippen molar-refractivity contribution >= 4 is 16.8 Å². The molecule has 2 unspecified atom stereocenters. The number of benzene rings is 3. The fourth-order valence-corrected chi connectivity index (χ4v) is 4.21. The van der Waals surface area contributed by atoms with Crippen molar-refractivity contribution < 1.29 is 9.21 Å². The predicted octanol–water partition coefficient (Wildman–Crippen LogP) is 5.11. The van der Waals surface area contributed by atoms with Crippen LogP contribution in [-0.2, 0) is 12.8 Å². The smallest absolute Gasteiger partial charge is 0.273 e. The third-order valence-corrected chi connectivity index (χ3v) is 5.98. The molecule has 1 amide bonds. The molecule has 0 spiro atoms. The summed E-state index contributed by atoms with van der Waals surface area (Å²) in [5.41, 5.74) is 10.9. The first-order chi connectivity index (χ1) is 16.7. The Morgan fingerprint density at radius 2 is 1.65 bits per heavy atom. The third-order valence-electron chi connectivity index (χ3n) is 5.98. The lowest BCUT2D eigenvalue weighted by Crippen LogP contribution is -2.30. The van der Waals surface area contributed by atoms with Crippen molar-refractivity contribution in [1.29, 1.82) is 0 Å². The van der Waals surface area contributed by atoms with Crippen LogP contribution in [0.4, 0.5) is 0 Å². The molecule has 0 bridgehead atoms. The first-order valence-corrected chi connectivity index (χ1v) is 11.3. The molecule has 0 radical (unpaired) electrons. The average Bonchev–Trinajstić information content (AvgIpc) is 3.53. The van der Waals surface area contributed by atoms with Gasteiger partial charge >= 0.3 is 0 Å². The van der Waals surface area contributed by atoms with E-state index in [2.05, 4.69) is 33.5 Å². The van der Waals surface area contributed by atoms with Crippen molar-refractivity contribution in [3.8, 4) is 0 Å². The van der Waals surface area contributed by atoms with Crippen LogP contribution < -0.4 is 11.1 Å². The van der Waals surface area contributed by atoms with E-state index in [1.165, 1.54) is 6.26 Å². The van der Waals surface area contributed by atoms with Crippen LogP contribution in [0.25, 0.3) is 10.9 Å². The van der Waals surface area contributed by atoms with Crippen molar-refractivity contribution in [1.82, 2.24) is 15.3 Å². The molecule has 0 saturated carbocycles. The highest BCUT2D eigenvalue weighted by Crippen LogP contribution is 2.24. The summed E-state index contributed by atoms with van der Waals surface area (Å²) in [6, 6.07) is 27.4. The van der Waals surface area contributed by atoms with Gasteiger partial charge in [0.2, 0.25) is 5.89 Å². The highest BCUT2D eigenvalue weighted by atomic mass is 16.3. The Morgan fingerprint density at radius 1 is 0.941 bits per heavy atom. The zero-order chi connectivity index (χ0) is 23.3. The van der Waals surface area contributed by atoms with Crippen LogP contribution in [0.15, 0.2) is 102 Å². The van der Waals surface area contributed by atoms with E-state index < -0.39 is 6.04 Å². The van der Waals surface area contributed by atoms with Crippen LogP contribution in [0.2, 0.25) is 0 Å². The lowest BCUT2D eigenvalue weighted by Gasteiger charge is -2.19. The van der Waals surface area contributed by atoms with Crippen LogP contribution in [0.1, 0.15) is 45.2 Å². The topological polar surface area (TPSA) is 96.9 Å². The Labute approximate surface area is 197 Å². The second-order valence-electron chi connectivity index (χ2n) is 8.37. The summed E-state index contributed by atoms with van der Waals surface area (Å²) in [4.78, 5) is 20.7. The molecular weight excluding hydrogens is 424 g/mol. The summed E-state index contributed by atoms with van der Waals surface area (Å²) in [6.45, 7) is 0. The summed E-state index contributed by atoms with van der Waals surface area (Å²) < 4.78 is 5.61. The van der Waals surface area contributed by atoms with E-state index in [-0.39, 0.29) is 17.6 Å². The van der Waals surface area contributed by atoms with Crippen LogP contribution >= 0.6 is 0 Å². The maximum Gasteiger partial charge on any atom is 0.273 e. The molecule has 2 atom stereocenters. The Hall–Kier alpha value is -4.16. The zero-order valence-corrected chi connectivity index (χ0v) is 18.6. The molecule has 3 aromatic carbocycles. The number of hydrogen-bond donors (Lipinski definition) is 3. The minimum atomic E-state index is -0.463. The number of rotatable bonds is 8.